The van der Waals surface area contributed by atoms with E-state index in [-0.39, 0.29) is 6.54 Å². The molecule has 1 heterocycles. The van der Waals surface area contributed by atoms with Crippen molar-refractivity contribution in [2.45, 2.75) is 13.0 Å². The summed E-state index contributed by atoms with van der Waals surface area (Å²) >= 11 is 0. The number of carboxylic acids is 1. The molecule has 12 heavy (non-hydrogen) atoms. The van der Waals surface area contributed by atoms with E-state index in [4.69, 9.17) is 10.8 Å². The van der Waals surface area contributed by atoms with E-state index in [1.54, 1.807) is 19.2 Å². The third-order valence-electron chi connectivity index (χ3n) is 1.57. The molecular formula is C7H11N3O2. The molecule has 0 spiro atoms. The zero-order valence-corrected chi connectivity index (χ0v) is 6.77. The summed E-state index contributed by atoms with van der Waals surface area (Å²) < 4.78 is 1.36. The molecule has 1 atom stereocenters. The van der Waals surface area contributed by atoms with Gasteiger partial charge in [0, 0.05) is 12.7 Å². The molecule has 66 valence electrons. The lowest BCUT2D eigenvalue weighted by atomic mass is 10.3. The number of aromatic nitrogens is 2. The van der Waals surface area contributed by atoms with E-state index in [1.807, 2.05) is 0 Å². The van der Waals surface area contributed by atoms with Crippen molar-refractivity contribution in [2.24, 2.45) is 5.73 Å². The van der Waals surface area contributed by atoms with Crippen LogP contribution in [0.15, 0.2) is 12.3 Å². The van der Waals surface area contributed by atoms with E-state index in [9.17, 15) is 4.79 Å². The molecular weight excluding hydrogens is 158 g/mol. The van der Waals surface area contributed by atoms with Crippen molar-refractivity contribution in [1.82, 2.24) is 9.78 Å². The van der Waals surface area contributed by atoms with Gasteiger partial charge in [0.2, 0.25) is 0 Å². The predicted molar refractivity (Wildman–Crippen MR) is 42.7 cm³/mol. The number of hydrogen-bond acceptors (Lipinski definition) is 3. The van der Waals surface area contributed by atoms with E-state index < -0.39 is 12.0 Å². The molecule has 0 saturated carbocycles. The van der Waals surface area contributed by atoms with Gasteiger partial charge < -0.3 is 10.8 Å². The normalized spacial score (nSPS) is 12.8. The molecule has 0 aliphatic rings. The van der Waals surface area contributed by atoms with Crippen LogP contribution in [0.4, 0.5) is 0 Å². The lowest BCUT2D eigenvalue weighted by Gasteiger charge is -2.08. The molecule has 1 aromatic heterocycles. The van der Waals surface area contributed by atoms with Crippen LogP contribution in [-0.4, -0.2) is 27.4 Å². The molecule has 0 fully saturated rings. The fourth-order valence-corrected chi connectivity index (χ4v) is 0.929. The number of carboxylic acid groups (broad SMARTS) is 1. The third-order valence-corrected chi connectivity index (χ3v) is 1.57. The van der Waals surface area contributed by atoms with Crippen LogP contribution in [0.2, 0.25) is 0 Å². The summed E-state index contributed by atoms with van der Waals surface area (Å²) in [6.07, 6.45) is 1.61. The van der Waals surface area contributed by atoms with E-state index in [0.29, 0.717) is 0 Å². The predicted octanol–water partition coefficient (Wildman–Crippen LogP) is -0.224. The first-order valence-electron chi connectivity index (χ1n) is 3.59. The number of aryl methyl sites for hydroxylation is 1. The fourth-order valence-electron chi connectivity index (χ4n) is 0.929. The number of carbonyl (C=O) groups is 1. The molecule has 0 aliphatic carbocycles. The van der Waals surface area contributed by atoms with Crippen LogP contribution in [-0.2, 0) is 4.79 Å². The maximum atomic E-state index is 10.6. The highest BCUT2D eigenvalue weighted by atomic mass is 16.4. The third kappa shape index (κ3) is 1.62. The van der Waals surface area contributed by atoms with E-state index in [1.165, 1.54) is 4.68 Å². The van der Waals surface area contributed by atoms with Gasteiger partial charge in [-0.2, -0.15) is 5.10 Å². The van der Waals surface area contributed by atoms with E-state index in [0.717, 1.165) is 5.69 Å². The Hall–Kier alpha value is -1.36. The van der Waals surface area contributed by atoms with Crippen LogP contribution < -0.4 is 5.73 Å². The average Bonchev–Trinajstić information content (AvgIpc) is 2.37. The molecule has 0 aromatic carbocycles. The fraction of sp³-hybridized carbons (Fsp3) is 0.429. The quantitative estimate of drug-likeness (QED) is 0.655. The van der Waals surface area contributed by atoms with Gasteiger partial charge in [0.15, 0.2) is 6.04 Å². The summed E-state index contributed by atoms with van der Waals surface area (Å²) in [6, 6.07) is 0.990. The first-order valence-corrected chi connectivity index (χ1v) is 3.59. The average molecular weight is 169 g/mol. The summed E-state index contributed by atoms with van der Waals surface area (Å²) in [6.45, 7) is 1.85. The zero-order valence-electron chi connectivity index (χ0n) is 6.77. The number of nitrogens with zero attached hydrogens (tertiary/aromatic N) is 2. The molecule has 0 bridgehead atoms. The Balaban J connectivity index is 2.87. The van der Waals surface area contributed by atoms with Crippen LogP contribution >= 0.6 is 0 Å². The van der Waals surface area contributed by atoms with Gasteiger partial charge in [-0.05, 0) is 13.0 Å². The Labute approximate surface area is 69.8 Å². The van der Waals surface area contributed by atoms with Crippen LogP contribution in [0.3, 0.4) is 0 Å². The van der Waals surface area contributed by atoms with Crippen molar-refractivity contribution in [3.8, 4) is 0 Å². The van der Waals surface area contributed by atoms with Crippen molar-refractivity contribution in [3.63, 3.8) is 0 Å². The molecule has 1 unspecified atom stereocenters. The van der Waals surface area contributed by atoms with Crippen LogP contribution in [0.1, 0.15) is 11.7 Å². The lowest BCUT2D eigenvalue weighted by Crippen LogP contribution is -2.27. The molecule has 5 heteroatoms. The minimum atomic E-state index is -0.958. The molecule has 1 rings (SSSR count). The number of rotatable bonds is 3. The van der Waals surface area contributed by atoms with E-state index >= 15 is 0 Å². The summed E-state index contributed by atoms with van der Waals surface area (Å²) in [5.74, 6) is -0.958. The van der Waals surface area contributed by atoms with Gasteiger partial charge >= 0.3 is 5.97 Å². The maximum absolute atomic E-state index is 10.6. The maximum Gasteiger partial charge on any atom is 0.329 e. The Morgan fingerprint density at radius 3 is 2.92 bits per heavy atom. The molecule has 5 nitrogen and oxygen atoms in total. The standard InChI is InChI=1S/C7H11N3O2/c1-5-2-3-10(9-5)6(4-8)7(11)12/h2-3,6H,4,8H2,1H3,(H,11,12). The number of aliphatic carboxylic acids is 1. The second-order valence-corrected chi connectivity index (χ2v) is 2.53. The highest BCUT2D eigenvalue weighted by molar-refractivity contribution is 5.71. The van der Waals surface area contributed by atoms with Gasteiger partial charge in [0.25, 0.3) is 0 Å². The van der Waals surface area contributed by atoms with Crippen molar-refractivity contribution < 1.29 is 9.90 Å². The number of nitrogens with two attached hydrogens (primary N) is 1. The second-order valence-electron chi connectivity index (χ2n) is 2.53. The summed E-state index contributed by atoms with van der Waals surface area (Å²) in [5, 5.41) is 12.7. The molecule has 0 saturated heterocycles. The molecule has 0 amide bonds. The van der Waals surface area contributed by atoms with Gasteiger partial charge in [0.1, 0.15) is 0 Å². The topological polar surface area (TPSA) is 81.1 Å². The van der Waals surface area contributed by atoms with Crippen molar-refractivity contribution >= 4 is 5.97 Å². The zero-order chi connectivity index (χ0) is 9.14. The van der Waals surface area contributed by atoms with Gasteiger partial charge in [-0.3, -0.25) is 4.68 Å². The smallest absolute Gasteiger partial charge is 0.329 e. The van der Waals surface area contributed by atoms with Crippen molar-refractivity contribution in [2.75, 3.05) is 6.54 Å². The minimum Gasteiger partial charge on any atom is -0.480 e. The van der Waals surface area contributed by atoms with Crippen molar-refractivity contribution in [3.05, 3.63) is 18.0 Å². The second kappa shape index (κ2) is 3.36. The van der Waals surface area contributed by atoms with Crippen LogP contribution in [0, 0.1) is 6.92 Å². The Kier molecular flexibility index (Phi) is 2.44. The number of hydrogen-bond donors (Lipinski definition) is 2. The Morgan fingerprint density at radius 1 is 1.92 bits per heavy atom. The first-order chi connectivity index (χ1) is 5.65. The molecule has 1 aromatic rings. The minimum absolute atomic E-state index is 0.0520. The summed E-state index contributed by atoms with van der Waals surface area (Å²) in [5.41, 5.74) is 6.06. The largest absolute Gasteiger partial charge is 0.480 e. The molecule has 0 radical (unpaired) electrons. The first kappa shape index (κ1) is 8.73. The lowest BCUT2D eigenvalue weighted by molar-refractivity contribution is -0.140. The monoisotopic (exact) mass is 169 g/mol. The SMILES string of the molecule is Cc1ccn(C(CN)C(=O)O)n1. The van der Waals surface area contributed by atoms with Gasteiger partial charge in [0.05, 0.1) is 5.69 Å². The summed E-state index contributed by atoms with van der Waals surface area (Å²) in [4.78, 5) is 10.6. The van der Waals surface area contributed by atoms with Crippen LogP contribution in [0.5, 0.6) is 0 Å². The van der Waals surface area contributed by atoms with Gasteiger partial charge in [-0.15, -0.1) is 0 Å². The Bertz CT molecular complexity index is 282. The highest BCUT2D eigenvalue weighted by Gasteiger charge is 2.17. The van der Waals surface area contributed by atoms with Crippen molar-refractivity contribution in [1.29, 1.82) is 0 Å². The van der Waals surface area contributed by atoms with Crippen LogP contribution in [0.25, 0.3) is 0 Å². The van der Waals surface area contributed by atoms with E-state index in [2.05, 4.69) is 5.10 Å². The summed E-state index contributed by atoms with van der Waals surface area (Å²) in [7, 11) is 0. The van der Waals surface area contributed by atoms with Gasteiger partial charge in [-0.25, -0.2) is 4.79 Å². The van der Waals surface area contributed by atoms with Gasteiger partial charge in [-0.1, -0.05) is 0 Å². The highest BCUT2D eigenvalue weighted by Crippen LogP contribution is 2.04. The molecule has 0 aliphatic heterocycles. The molecule has 3 N–H and O–H groups in total. The Morgan fingerprint density at radius 2 is 2.58 bits per heavy atom.